The molecule has 1 N–H and O–H groups in total. The number of nitrogens with one attached hydrogen (secondary N) is 1. The van der Waals surface area contributed by atoms with Gasteiger partial charge in [0.15, 0.2) is 0 Å². The third-order valence-electron chi connectivity index (χ3n) is 3.70. The van der Waals surface area contributed by atoms with Gasteiger partial charge in [0.1, 0.15) is 5.75 Å². The zero-order valence-corrected chi connectivity index (χ0v) is 12.0. The fraction of sp³-hybridized carbons (Fsp3) is 0.600. The molecule has 18 heavy (non-hydrogen) atoms. The van der Waals surface area contributed by atoms with Crippen LogP contribution in [0.3, 0.4) is 0 Å². The Bertz CT molecular complexity index is 394. The van der Waals surface area contributed by atoms with Crippen molar-refractivity contribution in [3.8, 4) is 5.75 Å². The molecule has 0 spiro atoms. The lowest BCUT2D eigenvalue weighted by molar-refractivity contribution is 0.340. The fourth-order valence-corrected chi connectivity index (χ4v) is 2.84. The zero-order valence-electron chi connectivity index (χ0n) is 11.2. The molecule has 3 heteroatoms. The molecule has 1 aliphatic rings. The number of rotatable bonds is 4. The maximum atomic E-state index is 6.20. The summed E-state index contributed by atoms with van der Waals surface area (Å²) in [6, 6.07) is 6.54. The second-order valence-corrected chi connectivity index (χ2v) is 5.50. The van der Waals surface area contributed by atoms with Crippen molar-refractivity contribution < 1.29 is 4.74 Å². The van der Waals surface area contributed by atoms with Crippen LogP contribution >= 0.6 is 11.6 Å². The van der Waals surface area contributed by atoms with Gasteiger partial charge in [-0.1, -0.05) is 31.4 Å². The van der Waals surface area contributed by atoms with Crippen molar-refractivity contribution in [2.45, 2.75) is 45.6 Å². The third-order valence-corrected chi connectivity index (χ3v) is 3.99. The van der Waals surface area contributed by atoms with Crippen molar-refractivity contribution in [1.29, 1.82) is 0 Å². The summed E-state index contributed by atoms with van der Waals surface area (Å²) in [5, 5.41) is 4.29. The molecule has 1 fully saturated rings. The quantitative estimate of drug-likeness (QED) is 0.852. The van der Waals surface area contributed by atoms with Crippen LogP contribution in [0.5, 0.6) is 5.75 Å². The molecule has 2 unspecified atom stereocenters. The third kappa shape index (κ3) is 3.32. The molecule has 0 aromatic heterocycles. The summed E-state index contributed by atoms with van der Waals surface area (Å²) in [4.78, 5) is 0. The standard InChI is InChI=1S/C15H22ClNO/c1-3-18-15-9-8-12(10-13(15)16)17-14-7-5-4-6-11(14)2/h8-11,14,17H,3-7H2,1-2H3. The Balaban J connectivity index is 2.02. The molecule has 2 atom stereocenters. The monoisotopic (exact) mass is 267 g/mol. The van der Waals surface area contributed by atoms with Crippen molar-refractivity contribution >= 4 is 17.3 Å². The highest BCUT2D eigenvalue weighted by molar-refractivity contribution is 6.32. The molecule has 0 saturated heterocycles. The first-order valence-electron chi connectivity index (χ1n) is 6.89. The van der Waals surface area contributed by atoms with Gasteiger partial charge in [0, 0.05) is 11.7 Å². The molecule has 0 heterocycles. The SMILES string of the molecule is CCOc1ccc(NC2CCCCC2C)cc1Cl. The van der Waals surface area contributed by atoms with E-state index in [1.54, 1.807) is 0 Å². The molecule has 0 radical (unpaired) electrons. The van der Waals surface area contributed by atoms with Crippen LogP contribution in [0, 0.1) is 5.92 Å². The summed E-state index contributed by atoms with van der Waals surface area (Å²) >= 11 is 6.20. The van der Waals surface area contributed by atoms with Gasteiger partial charge < -0.3 is 10.1 Å². The molecule has 2 rings (SSSR count). The molecule has 1 aromatic carbocycles. The Morgan fingerprint density at radius 1 is 1.33 bits per heavy atom. The van der Waals surface area contributed by atoms with Gasteiger partial charge in [-0.3, -0.25) is 0 Å². The summed E-state index contributed by atoms with van der Waals surface area (Å²) in [5.74, 6) is 1.51. The van der Waals surface area contributed by atoms with Crippen molar-refractivity contribution in [2.24, 2.45) is 5.92 Å². The van der Waals surface area contributed by atoms with E-state index in [0.29, 0.717) is 17.7 Å². The maximum absolute atomic E-state index is 6.20. The summed E-state index contributed by atoms with van der Waals surface area (Å²) in [5.41, 5.74) is 1.10. The normalized spacial score (nSPS) is 23.7. The maximum Gasteiger partial charge on any atom is 0.138 e. The van der Waals surface area contributed by atoms with E-state index < -0.39 is 0 Å². The Labute approximate surface area is 115 Å². The minimum Gasteiger partial charge on any atom is -0.492 e. The van der Waals surface area contributed by atoms with E-state index in [-0.39, 0.29) is 0 Å². The van der Waals surface area contributed by atoms with Gasteiger partial charge in [-0.25, -0.2) is 0 Å². The molecule has 2 nitrogen and oxygen atoms in total. The van der Waals surface area contributed by atoms with Gasteiger partial charge in [0.05, 0.1) is 11.6 Å². The molecule has 0 bridgehead atoms. The first kappa shape index (κ1) is 13.5. The van der Waals surface area contributed by atoms with Crippen molar-refractivity contribution in [3.63, 3.8) is 0 Å². The summed E-state index contributed by atoms with van der Waals surface area (Å²) in [6.07, 6.45) is 5.27. The number of halogens is 1. The highest BCUT2D eigenvalue weighted by Gasteiger charge is 2.21. The van der Waals surface area contributed by atoms with Crippen LogP contribution in [0.15, 0.2) is 18.2 Å². The first-order valence-corrected chi connectivity index (χ1v) is 7.27. The lowest BCUT2D eigenvalue weighted by Crippen LogP contribution is -2.30. The zero-order chi connectivity index (χ0) is 13.0. The number of anilines is 1. The second kappa shape index (κ2) is 6.33. The number of hydrogen-bond donors (Lipinski definition) is 1. The molecule has 0 aliphatic heterocycles. The van der Waals surface area contributed by atoms with Crippen LogP contribution in [-0.4, -0.2) is 12.6 Å². The number of benzene rings is 1. The summed E-state index contributed by atoms with van der Waals surface area (Å²) in [7, 11) is 0. The van der Waals surface area contributed by atoms with Crippen LogP contribution in [0.25, 0.3) is 0 Å². The average Bonchev–Trinajstić information content (AvgIpc) is 2.36. The lowest BCUT2D eigenvalue weighted by atomic mass is 9.86. The largest absolute Gasteiger partial charge is 0.492 e. The minimum absolute atomic E-state index is 0.577. The van der Waals surface area contributed by atoms with Crippen molar-refractivity contribution in [3.05, 3.63) is 23.2 Å². The van der Waals surface area contributed by atoms with Gasteiger partial charge in [0.25, 0.3) is 0 Å². The fourth-order valence-electron chi connectivity index (χ4n) is 2.61. The predicted octanol–water partition coefficient (Wildman–Crippen LogP) is 4.73. The minimum atomic E-state index is 0.577. The van der Waals surface area contributed by atoms with E-state index in [4.69, 9.17) is 16.3 Å². The van der Waals surface area contributed by atoms with E-state index in [0.717, 1.165) is 17.4 Å². The first-order chi connectivity index (χ1) is 8.70. The van der Waals surface area contributed by atoms with E-state index >= 15 is 0 Å². The highest BCUT2D eigenvalue weighted by Crippen LogP contribution is 2.31. The van der Waals surface area contributed by atoms with E-state index in [1.165, 1.54) is 25.7 Å². The van der Waals surface area contributed by atoms with E-state index in [9.17, 15) is 0 Å². The van der Waals surface area contributed by atoms with Gasteiger partial charge in [-0.2, -0.15) is 0 Å². The van der Waals surface area contributed by atoms with Crippen molar-refractivity contribution in [2.75, 3.05) is 11.9 Å². The summed E-state index contributed by atoms with van der Waals surface area (Å²) < 4.78 is 5.44. The summed E-state index contributed by atoms with van der Waals surface area (Å²) in [6.45, 7) is 4.94. The highest BCUT2D eigenvalue weighted by atomic mass is 35.5. The molecule has 1 saturated carbocycles. The van der Waals surface area contributed by atoms with Crippen LogP contribution in [0.2, 0.25) is 5.02 Å². The molecular formula is C15H22ClNO. The van der Waals surface area contributed by atoms with E-state index in [2.05, 4.69) is 18.3 Å². The van der Waals surface area contributed by atoms with Crippen molar-refractivity contribution in [1.82, 2.24) is 0 Å². The van der Waals surface area contributed by atoms with Crippen LogP contribution < -0.4 is 10.1 Å². The van der Waals surface area contributed by atoms with Crippen LogP contribution in [-0.2, 0) is 0 Å². The Morgan fingerprint density at radius 2 is 2.11 bits per heavy atom. The Morgan fingerprint density at radius 3 is 2.78 bits per heavy atom. The van der Waals surface area contributed by atoms with Gasteiger partial charge in [-0.05, 0) is 43.9 Å². The molecule has 1 aromatic rings. The van der Waals surface area contributed by atoms with Crippen LogP contribution in [0.4, 0.5) is 5.69 Å². The van der Waals surface area contributed by atoms with Crippen LogP contribution in [0.1, 0.15) is 39.5 Å². The van der Waals surface area contributed by atoms with Gasteiger partial charge >= 0.3 is 0 Å². The second-order valence-electron chi connectivity index (χ2n) is 5.09. The molecule has 0 amide bonds. The number of hydrogen-bond acceptors (Lipinski definition) is 2. The average molecular weight is 268 g/mol. The Hall–Kier alpha value is -0.890. The predicted molar refractivity (Wildman–Crippen MR) is 77.7 cm³/mol. The topological polar surface area (TPSA) is 21.3 Å². The van der Waals surface area contributed by atoms with Gasteiger partial charge in [-0.15, -0.1) is 0 Å². The lowest BCUT2D eigenvalue weighted by Gasteiger charge is -2.30. The van der Waals surface area contributed by atoms with Gasteiger partial charge in [0.2, 0.25) is 0 Å². The Kier molecular flexibility index (Phi) is 4.76. The molecule has 100 valence electrons. The smallest absolute Gasteiger partial charge is 0.138 e. The van der Waals surface area contributed by atoms with E-state index in [1.807, 2.05) is 19.1 Å². The molecular weight excluding hydrogens is 246 g/mol. The number of ether oxygens (including phenoxy) is 1. The molecule has 1 aliphatic carbocycles.